The third kappa shape index (κ3) is 5.31. The minimum absolute atomic E-state index is 0.394. The number of methoxy groups -OCH3 is 1. The lowest BCUT2D eigenvalue weighted by molar-refractivity contribution is -0.129. The van der Waals surface area contributed by atoms with Crippen molar-refractivity contribution in [2.24, 2.45) is 0 Å². The predicted octanol–water partition coefficient (Wildman–Crippen LogP) is 3.01. The first-order valence-corrected chi connectivity index (χ1v) is 12.4. The first kappa shape index (κ1) is 21.5. The minimum atomic E-state index is -3.79. The van der Waals surface area contributed by atoms with Crippen molar-refractivity contribution in [3.63, 3.8) is 0 Å². The van der Waals surface area contributed by atoms with Crippen molar-refractivity contribution in [3.05, 3.63) is 53.6 Å². The van der Waals surface area contributed by atoms with Crippen molar-refractivity contribution in [2.75, 3.05) is 42.1 Å². The summed E-state index contributed by atoms with van der Waals surface area (Å²) in [6.45, 7) is 2.97. The van der Waals surface area contributed by atoms with Crippen LogP contribution in [0.15, 0.2) is 42.5 Å². The van der Waals surface area contributed by atoms with Gasteiger partial charge in [0.25, 0.3) is 0 Å². The quantitative estimate of drug-likeness (QED) is 0.743. The SMILES string of the molecule is COc1ccc2c(c1)CN(C(=O)CS(=O)(=O)Nc1ccc(N3CCCCC3)cc1)CC2. The summed E-state index contributed by atoms with van der Waals surface area (Å²) in [4.78, 5) is 16.6. The molecule has 0 bridgehead atoms. The molecule has 1 N–H and O–H groups in total. The van der Waals surface area contributed by atoms with Gasteiger partial charge in [-0.3, -0.25) is 9.52 Å². The number of fused-ring (bicyclic) bond motifs is 1. The third-order valence-corrected chi connectivity index (χ3v) is 7.13. The molecule has 2 aromatic rings. The summed E-state index contributed by atoms with van der Waals surface area (Å²) < 4.78 is 33.0. The molecule has 4 rings (SSSR count). The van der Waals surface area contributed by atoms with Gasteiger partial charge in [-0.1, -0.05) is 6.07 Å². The van der Waals surface area contributed by atoms with E-state index in [1.54, 1.807) is 24.1 Å². The molecule has 1 saturated heterocycles. The molecule has 31 heavy (non-hydrogen) atoms. The van der Waals surface area contributed by atoms with Gasteiger partial charge in [0.1, 0.15) is 11.5 Å². The van der Waals surface area contributed by atoms with E-state index in [9.17, 15) is 13.2 Å². The Hall–Kier alpha value is -2.74. The molecule has 2 aliphatic heterocycles. The predicted molar refractivity (Wildman–Crippen MR) is 122 cm³/mol. The normalized spacial score (nSPS) is 16.5. The maximum absolute atomic E-state index is 12.7. The molecule has 8 heteroatoms. The second-order valence-electron chi connectivity index (χ2n) is 8.16. The Bertz CT molecular complexity index is 1030. The van der Waals surface area contributed by atoms with Gasteiger partial charge in [-0.2, -0.15) is 0 Å². The van der Waals surface area contributed by atoms with Gasteiger partial charge in [0.05, 0.1) is 7.11 Å². The van der Waals surface area contributed by atoms with Crippen LogP contribution in [0.3, 0.4) is 0 Å². The Labute approximate surface area is 184 Å². The average Bonchev–Trinajstić information content (AvgIpc) is 2.78. The zero-order chi connectivity index (χ0) is 21.8. The molecule has 7 nitrogen and oxygen atoms in total. The molecule has 2 heterocycles. The Morgan fingerprint density at radius 2 is 1.74 bits per heavy atom. The summed E-state index contributed by atoms with van der Waals surface area (Å²) in [5.74, 6) is -0.235. The second-order valence-corrected chi connectivity index (χ2v) is 9.88. The molecule has 1 fully saturated rings. The number of benzene rings is 2. The number of nitrogens with zero attached hydrogens (tertiary/aromatic N) is 2. The van der Waals surface area contributed by atoms with Crippen molar-refractivity contribution in [3.8, 4) is 5.75 Å². The lowest BCUT2D eigenvalue weighted by Gasteiger charge is -2.29. The number of carbonyl (C=O) groups is 1. The highest BCUT2D eigenvalue weighted by atomic mass is 32.2. The van der Waals surface area contributed by atoms with Crippen LogP contribution >= 0.6 is 0 Å². The van der Waals surface area contributed by atoms with Gasteiger partial charge >= 0.3 is 0 Å². The van der Waals surface area contributed by atoms with Crippen molar-refractivity contribution in [1.82, 2.24) is 4.90 Å². The third-order valence-electron chi connectivity index (χ3n) is 5.95. The molecule has 0 spiro atoms. The lowest BCUT2D eigenvalue weighted by atomic mass is 9.99. The van der Waals surface area contributed by atoms with Crippen LogP contribution in [-0.2, 0) is 27.8 Å². The van der Waals surface area contributed by atoms with Crippen LogP contribution < -0.4 is 14.4 Å². The Kier molecular flexibility index (Phi) is 6.36. The number of rotatable bonds is 6. The summed E-state index contributed by atoms with van der Waals surface area (Å²) in [7, 11) is -2.19. The van der Waals surface area contributed by atoms with Gasteiger partial charge in [-0.25, -0.2) is 8.42 Å². The number of piperidine rings is 1. The number of ether oxygens (including phenoxy) is 1. The number of hydrogen-bond donors (Lipinski definition) is 1. The van der Waals surface area contributed by atoms with Gasteiger partial charge < -0.3 is 14.5 Å². The maximum Gasteiger partial charge on any atom is 0.241 e. The summed E-state index contributed by atoms with van der Waals surface area (Å²) in [6.07, 6.45) is 4.34. The Balaban J connectivity index is 1.36. The van der Waals surface area contributed by atoms with Crippen molar-refractivity contribution in [1.29, 1.82) is 0 Å². The zero-order valence-corrected chi connectivity index (χ0v) is 18.7. The molecular formula is C23H29N3O4S. The summed E-state index contributed by atoms with van der Waals surface area (Å²) in [6, 6.07) is 13.2. The van der Waals surface area contributed by atoms with Crippen LogP contribution in [0.4, 0.5) is 11.4 Å². The first-order valence-electron chi connectivity index (χ1n) is 10.7. The fourth-order valence-electron chi connectivity index (χ4n) is 4.24. The number of hydrogen-bond acceptors (Lipinski definition) is 5. The monoisotopic (exact) mass is 443 g/mol. The minimum Gasteiger partial charge on any atom is -0.497 e. The highest BCUT2D eigenvalue weighted by Gasteiger charge is 2.25. The summed E-state index contributed by atoms with van der Waals surface area (Å²) in [5, 5.41) is 0. The number of nitrogens with one attached hydrogen (secondary N) is 1. The molecule has 166 valence electrons. The highest BCUT2D eigenvalue weighted by molar-refractivity contribution is 7.93. The van der Waals surface area contributed by atoms with E-state index < -0.39 is 21.7 Å². The van der Waals surface area contributed by atoms with Crippen LogP contribution in [0, 0.1) is 0 Å². The number of carbonyl (C=O) groups excluding carboxylic acids is 1. The van der Waals surface area contributed by atoms with E-state index in [1.165, 1.54) is 24.8 Å². The molecule has 2 aliphatic rings. The van der Waals surface area contributed by atoms with Crippen LogP contribution in [-0.4, -0.2) is 51.7 Å². The van der Waals surface area contributed by atoms with E-state index >= 15 is 0 Å². The van der Waals surface area contributed by atoms with Crippen molar-refractivity contribution < 1.29 is 17.9 Å². The number of anilines is 2. The molecule has 1 amide bonds. The van der Waals surface area contributed by atoms with Crippen LogP contribution in [0.1, 0.15) is 30.4 Å². The van der Waals surface area contributed by atoms with E-state index in [0.29, 0.717) is 25.2 Å². The zero-order valence-electron chi connectivity index (χ0n) is 17.8. The van der Waals surface area contributed by atoms with Gasteiger partial charge in [0, 0.05) is 37.6 Å². The molecule has 0 unspecified atom stereocenters. The fourth-order valence-corrected chi connectivity index (χ4v) is 5.31. The molecule has 0 atom stereocenters. The van der Waals surface area contributed by atoms with Gasteiger partial charge in [0.15, 0.2) is 0 Å². The van der Waals surface area contributed by atoms with E-state index in [2.05, 4.69) is 9.62 Å². The molecule has 0 saturated carbocycles. The largest absolute Gasteiger partial charge is 0.497 e. The summed E-state index contributed by atoms with van der Waals surface area (Å²) in [5.41, 5.74) is 3.74. The van der Waals surface area contributed by atoms with Crippen LogP contribution in [0.5, 0.6) is 5.75 Å². The molecule has 0 radical (unpaired) electrons. The van der Waals surface area contributed by atoms with Gasteiger partial charge in [0.2, 0.25) is 15.9 Å². The second kappa shape index (κ2) is 9.18. The van der Waals surface area contributed by atoms with E-state index in [-0.39, 0.29) is 0 Å². The van der Waals surface area contributed by atoms with Gasteiger partial charge in [-0.15, -0.1) is 0 Å². The van der Waals surface area contributed by atoms with Crippen molar-refractivity contribution in [2.45, 2.75) is 32.2 Å². The molecular weight excluding hydrogens is 414 g/mol. The van der Waals surface area contributed by atoms with E-state index in [0.717, 1.165) is 30.1 Å². The molecule has 0 aliphatic carbocycles. The highest BCUT2D eigenvalue weighted by Crippen LogP contribution is 2.25. The van der Waals surface area contributed by atoms with Gasteiger partial charge in [-0.05, 0) is 73.2 Å². The Morgan fingerprint density at radius 1 is 1.00 bits per heavy atom. The first-order chi connectivity index (χ1) is 14.9. The molecule has 0 aromatic heterocycles. The fraction of sp³-hybridized carbons (Fsp3) is 0.435. The summed E-state index contributed by atoms with van der Waals surface area (Å²) >= 11 is 0. The smallest absolute Gasteiger partial charge is 0.241 e. The number of sulfonamides is 1. The topological polar surface area (TPSA) is 78.9 Å². The maximum atomic E-state index is 12.7. The lowest BCUT2D eigenvalue weighted by Crippen LogP contribution is -2.40. The Morgan fingerprint density at radius 3 is 2.45 bits per heavy atom. The number of amides is 1. The van der Waals surface area contributed by atoms with Crippen molar-refractivity contribution >= 4 is 27.3 Å². The van der Waals surface area contributed by atoms with Crippen LogP contribution in [0.2, 0.25) is 0 Å². The average molecular weight is 444 g/mol. The van der Waals surface area contributed by atoms with E-state index in [1.807, 2.05) is 30.3 Å². The van der Waals surface area contributed by atoms with Crippen LogP contribution in [0.25, 0.3) is 0 Å². The standard InChI is InChI=1S/C23H29N3O4S/c1-30-22-10-5-18-11-14-26(16-19(18)15-22)23(27)17-31(28,29)24-20-6-8-21(9-7-20)25-12-3-2-4-13-25/h5-10,15,24H,2-4,11-14,16-17H2,1H3. The molecule has 2 aromatic carbocycles. The van der Waals surface area contributed by atoms with E-state index in [4.69, 9.17) is 4.74 Å².